The van der Waals surface area contributed by atoms with Crippen LogP contribution in [0.3, 0.4) is 0 Å². The van der Waals surface area contributed by atoms with Gasteiger partial charge < -0.3 is 4.74 Å². The van der Waals surface area contributed by atoms with E-state index < -0.39 is 0 Å². The van der Waals surface area contributed by atoms with Crippen LogP contribution in [-0.2, 0) is 0 Å². The third-order valence-corrected chi connectivity index (χ3v) is 3.33. The van der Waals surface area contributed by atoms with Crippen molar-refractivity contribution in [1.82, 2.24) is 0 Å². The highest BCUT2D eigenvalue weighted by molar-refractivity contribution is 6.31. The van der Waals surface area contributed by atoms with E-state index in [9.17, 15) is 5.26 Å². The monoisotopic (exact) mass is 317 g/mol. The van der Waals surface area contributed by atoms with Crippen LogP contribution < -0.4 is 4.74 Å². The molecule has 0 amide bonds. The summed E-state index contributed by atoms with van der Waals surface area (Å²) in [5, 5.41) is 10.6. The normalized spacial score (nSPS) is 11.0. The molecule has 2 aromatic rings. The number of rotatable bonds is 4. The molecule has 0 radical (unpaired) electrons. The Bertz CT molecular complexity index is 700. The van der Waals surface area contributed by atoms with Crippen molar-refractivity contribution in [3.63, 3.8) is 0 Å². The summed E-state index contributed by atoms with van der Waals surface area (Å²) in [5.41, 5.74) is 2.09. The van der Waals surface area contributed by atoms with Gasteiger partial charge in [-0.15, -0.1) is 0 Å². The van der Waals surface area contributed by atoms with Crippen LogP contribution in [0.25, 0.3) is 11.6 Å². The summed E-state index contributed by atoms with van der Waals surface area (Å²) in [6, 6.07) is 14.7. The van der Waals surface area contributed by atoms with Gasteiger partial charge in [-0.2, -0.15) is 5.26 Å². The molecule has 2 rings (SSSR count). The van der Waals surface area contributed by atoms with E-state index in [1.54, 1.807) is 36.4 Å². The van der Waals surface area contributed by atoms with Crippen molar-refractivity contribution in [2.45, 2.75) is 6.92 Å². The third-order valence-electron chi connectivity index (χ3n) is 2.85. The lowest BCUT2D eigenvalue weighted by atomic mass is 10.0. The molecular formula is C17H13Cl2NO. The van der Waals surface area contributed by atoms with E-state index >= 15 is 0 Å². The second kappa shape index (κ2) is 7.17. The van der Waals surface area contributed by atoms with Crippen LogP contribution >= 0.6 is 23.2 Å². The molecule has 0 aliphatic heterocycles. The largest absolute Gasteiger partial charge is 0.493 e. The highest BCUT2D eigenvalue weighted by Gasteiger charge is 2.06. The van der Waals surface area contributed by atoms with Crippen LogP contribution in [0, 0.1) is 11.3 Å². The quantitative estimate of drug-likeness (QED) is 0.554. The lowest BCUT2D eigenvalue weighted by molar-refractivity contribution is 0.339. The van der Waals surface area contributed by atoms with E-state index in [4.69, 9.17) is 27.9 Å². The Labute approximate surface area is 134 Å². The summed E-state index contributed by atoms with van der Waals surface area (Å²) in [6.45, 7) is 2.46. The molecule has 2 nitrogen and oxygen atoms in total. The minimum atomic E-state index is 0.523. The molecule has 0 atom stereocenters. The second-order valence-electron chi connectivity index (χ2n) is 4.29. The maximum absolute atomic E-state index is 9.38. The molecule has 21 heavy (non-hydrogen) atoms. The summed E-state index contributed by atoms with van der Waals surface area (Å²) in [6.07, 6.45) is 1.76. The highest BCUT2D eigenvalue weighted by atomic mass is 35.5. The topological polar surface area (TPSA) is 33.0 Å². The van der Waals surface area contributed by atoms with Gasteiger partial charge in [0.15, 0.2) is 0 Å². The van der Waals surface area contributed by atoms with E-state index in [1.807, 2.05) is 19.1 Å². The standard InChI is InChI=1S/C17H13Cl2NO/c1-2-21-17-8-7-16(19)10-13(17)9-14(11-20)12-3-5-15(18)6-4-12/h3-10H,2H2,1H3/b14-9+. The average Bonchev–Trinajstić information content (AvgIpc) is 2.48. The molecule has 0 bridgehead atoms. The predicted molar refractivity (Wildman–Crippen MR) is 87.6 cm³/mol. The van der Waals surface area contributed by atoms with Crippen LogP contribution in [0.2, 0.25) is 10.0 Å². The zero-order chi connectivity index (χ0) is 15.2. The lowest BCUT2D eigenvalue weighted by Gasteiger charge is -2.08. The van der Waals surface area contributed by atoms with E-state index in [0.717, 1.165) is 11.1 Å². The number of hydrogen-bond donors (Lipinski definition) is 0. The second-order valence-corrected chi connectivity index (χ2v) is 5.16. The smallest absolute Gasteiger partial charge is 0.126 e. The van der Waals surface area contributed by atoms with Crippen molar-refractivity contribution >= 4 is 34.9 Å². The van der Waals surface area contributed by atoms with Gasteiger partial charge in [0.1, 0.15) is 5.75 Å². The number of ether oxygens (including phenoxy) is 1. The third kappa shape index (κ3) is 4.01. The van der Waals surface area contributed by atoms with Crippen LogP contribution in [0.5, 0.6) is 5.75 Å². The van der Waals surface area contributed by atoms with Gasteiger partial charge in [0.05, 0.1) is 18.2 Å². The first-order valence-electron chi connectivity index (χ1n) is 6.44. The van der Waals surface area contributed by atoms with Gasteiger partial charge >= 0.3 is 0 Å². The van der Waals surface area contributed by atoms with Crippen molar-refractivity contribution in [2.75, 3.05) is 6.61 Å². The summed E-state index contributed by atoms with van der Waals surface area (Å²) in [7, 11) is 0. The number of hydrogen-bond acceptors (Lipinski definition) is 2. The van der Waals surface area contributed by atoms with Crippen molar-refractivity contribution in [2.24, 2.45) is 0 Å². The molecule has 106 valence electrons. The minimum absolute atomic E-state index is 0.523. The first-order chi connectivity index (χ1) is 10.1. The molecule has 0 aliphatic carbocycles. The number of nitrogens with zero attached hydrogens (tertiary/aromatic N) is 1. The van der Waals surface area contributed by atoms with Crippen LogP contribution in [0.1, 0.15) is 18.1 Å². The van der Waals surface area contributed by atoms with Gasteiger partial charge in [0.25, 0.3) is 0 Å². The van der Waals surface area contributed by atoms with Gasteiger partial charge in [-0.25, -0.2) is 0 Å². The molecule has 4 heteroatoms. The summed E-state index contributed by atoms with van der Waals surface area (Å²) < 4.78 is 5.56. The fraction of sp³-hybridized carbons (Fsp3) is 0.118. The molecule has 2 aromatic carbocycles. The molecule has 0 fully saturated rings. The fourth-order valence-corrected chi connectivity index (χ4v) is 2.19. The van der Waals surface area contributed by atoms with E-state index in [0.29, 0.717) is 28.0 Å². The zero-order valence-electron chi connectivity index (χ0n) is 11.4. The maximum Gasteiger partial charge on any atom is 0.126 e. The summed E-state index contributed by atoms with van der Waals surface area (Å²) in [5.74, 6) is 0.698. The molecule has 0 saturated heterocycles. The van der Waals surface area contributed by atoms with Gasteiger partial charge in [0.2, 0.25) is 0 Å². The Morgan fingerprint density at radius 2 is 1.81 bits per heavy atom. The Hall–Kier alpha value is -1.95. The zero-order valence-corrected chi connectivity index (χ0v) is 12.9. The van der Waals surface area contributed by atoms with Crippen LogP contribution in [0.15, 0.2) is 42.5 Å². The van der Waals surface area contributed by atoms with Gasteiger partial charge in [-0.3, -0.25) is 0 Å². The number of allylic oxidation sites excluding steroid dienone is 1. The van der Waals surface area contributed by atoms with Gasteiger partial charge in [-0.1, -0.05) is 35.3 Å². The van der Waals surface area contributed by atoms with E-state index in [2.05, 4.69) is 6.07 Å². The first kappa shape index (κ1) is 15.4. The van der Waals surface area contributed by atoms with Crippen molar-refractivity contribution in [3.8, 4) is 11.8 Å². The predicted octanol–water partition coefficient (Wildman–Crippen LogP) is 5.46. The Kier molecular flexibility index (Phi) is 5.27. The summed E-state index contributed by atoms with van der Waals surface area (Å²) >= 11 is 11.9. The van der Waals surface area contributed by atoms with Crippen LogP contribution in [0.4, 0.5) is 0 Å². The molecule has 0 unspecified atom stereocenters. The number of nitriles is 1. The Morgan fingerprint density at radius 1 is 1.14 bits per heavy atom. The minimum Gasteiger partial charge on any atom is -0.493 e. The Balaban J connectivity index is 2.47. The van der Waals surface area contributed by atoms with E-state index in [1.165, 1.54) is 0 Å². The molecular weight excluding hydrogens is 305 g/mol. The molecule has 0 aliphatic rings. The van der Waals surface area contributed by atoms with Gasteiger partial charge in [-0.05, 0) is 48.9 Å². The summed E-state index contributed by atoms with van der Waals surface area (Å²) in [4.78, 5) is 0. The highest BCUT2D eigenvalue weighted by Crippen LogP contribution is 2.28. The molecule has 0 N–H and O–H groups in total. The number of benzene rings is 2. The van der Waals surface area contributed by atoms with Crippen LogP contribution in [-0.4, -0.2) is 6.61 Å². The Morgan fingerprint density at radius 3 is 2.43 bits per heavy atom. The van der Waals surface area contributed by atoms with Crippen molar-refractivity contribution in [3.05, 3.63) is 63.6 Å². The van der Waals surface area contributed by atoms with E-state index in [-0.39, 0.29) is 0 Å². The maximum atomic E-state index is 9.38. The molecule has 0 aromatic heterocycles. The fourth-order valence-electron chi connectivity index (χ4n) is 1.88. The van der Waals surface area contributed by atoms with Crippen molar-refractivity contribution < 1.29 is 4.74 Å². The van der Waals surface area contributed by atoms with Gasteiger partial charge in [0, 0.05) is 15.6 Å². The lowest BCUT2D eigenvalue weighted by Crippen LogP contribution is -1.94. The molecule has 0 saturated carbocycles. The first-order valence-corrected chi connectivity index (χ1v) is 7.19. The molecule has 0 heterocycles. The SMILES string of the molecule is CCOc1ccc(Cl)cc1/C=C(\C#N)c1ccc(Cl)cc1. The van der Waals surface area contributed by atoms with Crippen molar-refractivity contribution in [1.29, 1.82) is 5.26 Å². The number of halogens is 2. The average molecular weight is 318 g/mol. The molecule has 0 spiro atoms.